The minimum Gasteiger partial charge on any atom is -0.469 e. The molecule has 88 valence electrons. The normalized spacial score (nSPS) is 10.0. The van der Waals surface area contributed by atoms with Crippen LogP contribution >= 0.6 is 0 Å². The molecule has 4 heteroatoms. The van der Waals surface area contributed by atoms with Gasteiger partial charge in [-0.2, -0.15) is 0 Å². The Morgan fingerprint density at radius 1 is 1.00 bits per heavy atom. The van der Waals surface area contributed by atoms with Crippen molar-refractivity contribution in [2.45, 2.75) is 44.9 Å². The lowest BCUT2D eigenvalue weighted by Crippen LogP contribution is -2.12. The molecule has 0 heterocycles. The van der Waals surface area contributed by atoms with Gasteiger partial charge in [0.25, 0.3) is 0 Å². The zero-order chi connectivity index (χ0) is 11.5. The van der Waals surface area contributed by atoms with E-state index in [0.717, 1.165) is 32.1 Å². The number of ketones is 1. The zero-order valence-corrected chi connectivity index (χ0v) is 9.46. The molecular weight excluding hydrogens is 194 g/mol. The van der Waals surface area contributed by atoms with Crippen LogP contribution in [-0.4, -0.2) is 25.4 Å². The third-order valence-electron chi connectivity index (χ3n) is 2.29. The highest BCUT2D eigenvalue weighted by Crippen LogP contribution is 2.07. The summed E-state index contributed by atoms with van der Waals surface area (Å²) < 4.78 is 4.53. The number of unbranched alkanes of at least 4 members (excludes halogenated alkanes) is 4. The number of rotatable bonds is 9. The van der Waals surface area contributed by atoms with Crippen LogP contribution < -0.4 is 5.73 Å². The standard InChI is InChI=1S/C11H21NO3/c1-15-11(14)8-6-4-2-3-5-7-10(13)9-12/h2-9,12H2,1H3. The van der Waals surface area contributed by atoms with Crippen molar-refractivity contribution in [3.8, 4) is 0 Å². The maximum atomic E-state index is 10.8. The lowest BCUT2D eigenvalue weighted by atomic mass is 10.1. The van der Waals surface area contributed by atoms with Crippen molar-refractivity contribution in [3.63, 3.8) is 0 Å². The van der Waals surface area contributed by atoms with E-state index in [2.05, 4.69) is 4.74 Å². The first-order chi connectivity index (χ1) is 7.20. The molecule has 0 aliphatic rings. The van der Waals surface area contributed by atoms with Crippen LogP contribution in [0.1, 0.15) is 44.9 Å². The zero-order valence-electron chi connectivity index (χ0n) is 9.46. The molecular formula is C11H21NO3. The minimum atomic E-state index is -0.145. The molecule has 0 aliphatic carbocycles. The van der Waals surface area contributed by atoms with Gasteiger partial charge in [-0.3, -0.25) is 9.59 Å². The molecule has 0 atom stereocenters. The summed E-state index contributed by atoms with van der Waals surface area (Å²) >= 11 is 0. The SMILES string of the molecule is COC(=O)CCCCCCCC(=O)CN. The van der Waals surface area contributed by atoms with Crippen LogP contribution in [0.5, 0.6) is 0 Å². The van der Waals surface area contributed by atoms with Crippen LogP contribution in [-0.2, 0) is 14.3 Å². The van der Waals surface area contributed by atoms with Gasteiger partial charge < -0.3 is 10.5 Å². The van der Waals surface area contributed by atoms with Crippen LogP contribution in [0.3, 0.4) is 0 Å². The summed E-state index contributed by atoms with van der Waals surface area (Å²) in [7, 11) is 1.40. The molecule has 0 aliphatic heterocycles. The van der Waals surface area contributed by atoms with E-state index >= 15 is 0 Å². The third-order valence-corrected chi connectivity index (χ3v) is 2.29. The molecule has 0 unspecified atom stereocenters. The van der Waals surface area contributed by atoms with E-state index in [9.17, 15) is 9.59 Å². The van der Waals surface area contributed by atoms with Gasteiger partial charge in [-0.05, 0) is 12.8 Å². The van der Waals surface area contributed by atoms with E-state index in [1.165, 1.54) is 7.11 Å². The topological polar surface area (TPSA) is 69.4 Å². The largest absolute Gasteiger partial charge is 0.469 e. The van der Waals surface area contributed by atoms with Crippen molar-refractivity contribution < 1.29 is 14.3 Å². The number of carbonyl (C=O) groups excluding carboxylic acids is 2. The monoisotopic (exact) mass is 215 g/mol. The number of carbonyl (C=O) groups is 2. The number of hydrogen-bond donors (Lipinski definition) is 1. The highest BCUT2D eigenvalue weighted by atomic mass is 16.5. The fourth-order valence-corrected chi connectivity index (χ4v) is 1.33. The van der Waals surface area contributed by atoms with E-state index in [1.807, 2.05) is 0 Å². The van der Waals surface area contributed by atoms with Crippen molar-refractivity contribution in [3.05, 3.63) is 0 Å². The Balaban J connectivity index is 3.11. The minimum absolute atomic E-state index is 0.129. The fraction of sp³-hybridized carbons (Fsp3) is 0.818. The Labute approximate surface area is 91.2 Å². The number of hydrogen-bond acceptors (Lipinski definition) is 4. The van der Waals surface area contributed by atoms with Gasteiger partial charge in [-0.25, -0.2) is 0 Å². The van der Waals surface area contributed by atoms with Crippen molar-refractivity contribution in [2.24, 2.45) is 5.73 Å². The number of nitrogens with two attached hydrogens (primary N) is 1. The summed E-state index contributed by atoms with van der Waals surface area (Å²) in [6.45, 7) is 0.155. The van der Waals surface area contributed by atoms with Crippen molar-refractivity contribution in [1.82, 2.24) is 0 Å². The average Bonchev–Trinajstić information content (AvgIpc) is 2.26. The van der Waals surface area contributed by atoms with Gasteiger partial charge >= 0.3 is 5.97 Å². The summed E-state index contributed by atoms with van der Waals surface area (Å²) in [6, 6.07) is 0. The highest BCUT2D eigenvalue weighted by Gasteiger charge is 2.00. The first kappa shape index (κ1) is 14.1. The predicted molar refractivity (Wildman–Crippen MR) is 58.4 cm³/mol. The summed E-state index contributed by atoms with van der Waals surface area (Å²) in [5, 5.41) is 0. The summed E-state index contributed by atoms with van der Waals surface area (Å²) in [5.74, 6) is -0.0159. The fourth-order valence-electron chi connectivity index (χ4n) is 1.33. The lowest BCUT2D eigenvalue weighted by Gasteiger charge is -2.00. The molecule has 4 nitrogen and oxygen atoms in total. The molecule has 0 bridgehead atoms. The second kappa shape index (κ2) is 9.65. The molecule has 0 aromatic heterocycles. The van der Waals surface area contributed by atoms with Crippen LogP contribution in [0, 0.1) is 0 Å². The van der Waals surface area contributed by atoms with Crippen molar-refractivity contribution in [2.75, 3.05) is 13.7 Å². The molecule has 0 fully saturated rings. The summed E-state index contributed by atoms with van der Waals surface area (Å²) in [5.41, 5.74) is 5.18. The van der Waals surface area contributed by atoms with E-state index in [4.69, 9.17) is 5.73 Å². The van der Waals surface area contributed by atoms with E-state index < -0.39 is 0 Å². The third kappa shape index (κ3) is 9.41. The maximum Gasteiger partial charge on any atom is 0.305 e. The van der Waals surface area contributed by atoms with E-state index in [1.54, 1.807) is 0 Å². The molecule has 2 N–H and O–H groups in total. The average molecular weight is 215 g/mol. The molecule has 15 heavy (non-hydrogen) atoms. The number of esters is 1. The summed E-state index contributed by atoms with van der Waals surface area (Å²) in [6.07, 6.45) is 5.99. The Morgan fingerprint density at radius 3 is 2.07 bits per heavy atom. The Hall–Kier alpha value is -0.900. The molecule has 0 saturated heterocycles. The summed E-state index contributed by atoms with van der Waals surface area (Å²) in [4.78, 5) is 21.6. The van der Waals surface area contributed by atoms with Gasteiger partial charge in [-0.1, -0.05) is 19.3 Å². The number of methoxy groups -OCH3 is 1. The van der Waals surface area contributed by atoms with E-state index in [0.29, 0.717) is 12.8 Å². The van der Waals surface area contributed by atoms with Gasteiger partial charge in [0, 0.05) is 12.8 Å². The van der Waals surface area contributed by atoms with Gasteiger partial charge in [0.1, 0.15) is 5.78 Å². The Morgan fingerprint density at radius 2 is 1.53 bits per heavy atom. The number of ether oxygens (including phenoxy) is 1. The van der Waals surface area contributed by atoms with Gasteiger partial charge in [-0.15, -0.1) is 0 Å². The first-order valence-corrected chi connectivity index (χ1v) is 5.49. The molecule has 0 aromatic carbocycles. The quantitative estimate of drug-likeness (QED) is 0.466. The molecule has 0 amide bonds. The van der Waals surface area contributed by atoms with Crippen molar-refractivity contribution >= 4 is 11.8 Å². The molecule has 0 spiro atoms. The first-order valence-electron chi connectivity index (χ1n) is 5.49. The van der Waals surface area contributed by atoms with Gasteiger partial charge in [0.2, 0.25) is 0 Å². The Bertz CT molecular complexity index is 172. The predicted octanol–water partition coefficient (Wildman–Crippen LogP) is 1.42. The van der Waals surface area contributed by atoms with Crippen LogP contribution in [0.15, 0.2) is 0 Å². The smallest absolute Gasteiger partial charge is 0.305 e. The lowest BCUT2D eigenvalue weighted by molar-refractivity contribution is -0.140. The van der Waals surface area contributed by atoms with E-state index in [-0.39, 0.29) is 18.3 Å². The van der Waals surface area contributed by atoms with Gasteiger partial charge in [0.05, 0.1) is 13.7 Å². The van der Waals surface area contributed by atoms with Crippen molar-refractivity contribution in [1.29, 1.82) is 0 Å². The van der Waals surface area contributed by atoms with Crippen LogP contribution in [0.25, 0.3) is 0 Å². The molecule has 0 radical (unpaired) electrons. The Kier molecular flexibility index (Phi) is 9.07. The van der Waals surface area contributed by atoms with Crippen LogP contribution in [0.4, 0.5) is 0 Å². The van der Waals surface area contributed by atoms with Gasteiger partial charge in [0.15, 0.2) is 0 Å². The second-order valence-electron chi connectivity index (χ2n) is 3.59. The maximum absolute atomic E-state index is 10.8. The van der Waals surface area contributed by atoms with Crippen LogP contribution in [0.2, 0.25) is 0 Å². The molecule has 0 rings (SSSR count). The highest BCUT2D eigenvalue weighted by molar-refractivity contribution is 5.80. The molecule has 0 saturated carbocycles. The second-order valence-corrected chi connectivity index (χ2v) is 3.59. The molecule has 0 aromatic rings. The number of Topliss-reactive ketones (excluding diaryl/α,β-unsaturated/α-hetero) is 1.